The Labute approximate surface area is 477 Å². The van der Waals surface area contributed by atoms with E-state index in [1.165, 1.54) is 62.4 Å². The second kappa shape index (κ2) is 35.9. The molecule has 8 rings (SSSR count). The number of nitrogens with one attached hydrogen (secondary N) is 2. The maximum atomic E-state index is 14.6. The van der Waals surface area contributed by atoms with Gasteiger partial charge < -0.3 is 39.5 Å². The number of aromatic nitrogens is 3. The number of halogens is 1. The van der Waals surface area contributed by atoms with Gasteiger partial charge in [-0.15, -0.1) is 15.7 Å². The average Bonchev–Trinajstić information content (AvgIpc) is 4.18. The minimum atomic E-state index is -0.423. The van der Waals surface area contributed by atoms with Gasteiger partial charge in [0.2, 0.25) is 5.91 Å². The average molecular weight is 1120 g/mol. The molecule has 0 spiro atoms. The number of hydrogen-bond acceptors (Lipinski definition) is 14. The zero-order valence-electron chi connectivity index (χ0n) is 48.7. The van der Waals surface area contributed by atoms with Gasteiger partial charge >= 0.3 is 0 Å². The first-order valence-electron chi connectivity index (χ1n) is 28.5. The molecule has 0 bridgehead atoms. The molecule has 3 aliphatic heterocycles. The van der Waals surface area contributed by atoms with Crippen LogP contribution in [0.15, 0.2) is 54.7 Å². The molecular weight excluding hydrogens is 1030 g/mol. The van der Waals surface area contributed by atoms with E-state index >= 15 is 0 Å². The van der Waals surface area contributed by atoms with E-state index in [1.807, 2.05) is 52.2 Å². The highest BCUT2D eigenvalue weighted by atomic mass is 31.0. The van der Waals surface area contributed by atoms with Crippen molar-refractivity contribution in [3.8, 4) is 35.4 Å². The lowest BCUT2D eigenvalue weighted by molar-refractivity contribution is -0.130. The van der Waals surface area contributed by atoms with E-state index < -0.39 is 5.82 Å². The number of aldehydes is 2. The largest absolute Gasteiger partial charge is 0.494 e. The van der Waals surface area contributed by atoms with E-state index in [9.17, 15) is 28.8 Å². The second-order valence-electron chi connectivity index (χ2n) is 20.6. The lowest BCUT2D eigenvalue weighted by Crippen LogP contribution is -2.34. The number of hydrogen-bond donors (Lipinski definition) is 2. The SMILES string of the molecule is C#Cc1c(F)ccc2cccc(-c3ncc4c(N5CCCC(C#N)CC5)nc(CC)nc4c3P)c12.CCCC=O.CNC(=O)C(C)CCC=O.CNCCCCCOc1ccc(C)c(N(C)C)c1.O=COCC1CCC2CCCN21. The van der Waals surface area contributed by atoms with Gasteiger partial charge in [0, 0.05) is 112 Å². The molecule has 3 saturated heterocycles. The van der Waals surface area contributed by atoms with E-state index in [-0.39, 0.29) is 23.3 Å². The normalized spacial score (nSPS) is 16.6. The summed E-state index contributed by atoms with van der Waals surface area (Å²) in [7, 11) is 10.5. The first-order valence-corrected chi connectivity index (χ1v) is 29.1. The van der Waals surface area contributed by atoms with Gasteiger partial charge in [-0.3, -0.25) is 19.5 Å². The van der Waals surface area contributed by atoms with Gasteiger partial charge in [-0.25, -0.2) is 14.4 Å². The molecule has 0 saturated carbocycles. The van der Waals surface area contributed by atoms with Crippen molar-refractivity contribution in [1.29, 1.82) is 5.26 Å². The number of carbonyl (C=O) groups excluding carboxylic acids is 4. The Kier molecular flexibility index (Phi) is 29.6. The third-order valence-electron chi connectivity index (χ3n) is 14.6. The van der Waals surface area contributed by atoms with Gasteiger partial charge in [-0.1, -0.05) is 57.0 Å². The van der Waals surface area contributed by atoms with Gasteiger partial charge in [-0.05, 0) is 127 Å². The van der Waals surface area contributed by atoms with Gasteiger partial charge in [0.25, 0.3) is 6.47 Å². The van der Waals surface area contributed by atoms with Crippen LogP contribution in [0.5, 0.6) is 5.75 Å². The summed E-state index contributed by atoms with van der Waals surface area (Å²) in [5.41, 5.74) is 5.01. The summed E-state index contributed by atoms with van der Waals surface area (Å²) in [6.07, 6.45) is 24.2. The Bertz CT molecular complexity index is 2840. The Balaban J connectivity index is 0.000000254. The quantitative estimate of drug-likeness (QED) is 0.0325. The predicted octanol–water partition coefficient (Wildman–Crippen LogP) is 10.1. The van der Waals surface area contributed by atoms with Gasteiger partial charge in [0.15, 0.2) is 0 Å². The number of pyridine rings is 1. The van der Waals surface area contributed by atoms with Crippen LogP contribution < -0.4 is 30.5 Å². The summed E-state index contributed by atoms with van der Waals surface area (Å²) in [5.74, 6) is 4.72. The van der Waals surface area contributed by atoms with Crippen LogP contribution in [0.2, 0.25) is 0 Å². The number of anilines is 2. The highest BCUT2D eigenvalue weighted by Gasteiger charge is 2.36. The summed E-state index contributed by atoms with van der Waals surface area (Å²) in [4.78, 5) is 61.5. The first-order chi connectivity index (χ1) is 38.7. The number of nitrogens with zero attached hydrogens (tertiary/aromatic N) is 7. The fourth-order valence-corrected chi connectivity index (χ4v) is 10.6. The van der Waals surface area contributed by atoms with E-state index in [0.717, 1.165) is 122 Å². The number of terminal acetylenes is 1. The lowest BCUT2D eigenvalue weighted by atomic mass is 9.96. The van der Waals surface area contributed by atoms with Crippen molar-refractivity contribution in [2.24, 2.45) is 11.8 Å². The fraction of sp³-hybridized carbons (Fsp3) is 0.524. The molecule has 0 radical (unpaired) electrons. The lowest BCUT2D eigenvalue weighted by Gasteiger charge is -2.24. The third kappa shape index (κ3) is 19.6. The molecule has 3 aliphatic rings. The molecule has 5 heterocycles. The maximum Gasteiger partial charge on any atom is 0.293 e. The summed E-state index contributed by atoms with van der Waals surface area (Å²) in [6.45, 7) is 13.8. The summed E-state index contributed by atoms with van der Waals surface area (Å²) in [5, 5.41) is 18.3. The summed E-state index contributed by atoms with van der Waals surface area (Å²) < 4.78 is 25.2. The molecule has 3 fully saturated rings. The number of fused-ring (bicyclic) bond motifs is 3. The second-order valence-corrected chi connectivity index (χ2v) is 21.2. The first kappa shape index (κ1) is 65.9. The van der Waals surface area contributed by atoms with Crippen molar-refractivity contribution < 1.29 is 33.0 Å². The molecule has 3 aromatic carbocycles. The Morgan fingerprint density at radius 3 is 2.41 bits per heavy atom. The van der Waals surface area contributed by atoms with E-state index in [4.69, 9.17) is 30.8 Å². The highest BCUT2D eigenvalue weighted by molar-refractivity contribution is 7.28. The van der Waals surface area contributed by atoms with Crippen molar-refractivity contribution in [1.82, 2.24) is 30.5 Å². The molecular formula is C63H87FN9O6P. The number of benzene rings is 3. The Morgan fingerprint density at radius 1 is 0.975 bits per heavy atom. The smallest absolute Gasteiger partial charge is 0.293 e. The molecule has 17 heteroatoms. The summed E-state index contributed by atoms with van der Waals surface area (Å²) in [6, 6.07) is 18.9. The molecule has 5 atom stereocenters. The molecule has 0 aliphatic carbocycles. The zero-order chi connectivity index (χ0) is 58.4. The number of nitriles is 1. The standard InChI is InChI=1S/C28H25FN5P.C15H26N2O.C9H15NO2.C7H13NO2.C4H8O/c1-3-19-22(29)11-10-18-8-5-9-20(24(18)19)25-27(35)26-21(16-31-25)28(33-23(4-2)32-26)34-13-6-7-17(15-30)12-14-34;1-13-8-9-14(12-15(13)17(3)4)18-11-7-5-6-10-16-2;11-7-12-6-9-4-3-8-2-1-5-10(8)9;1-6(4-3-5-9)7(10)8-2;1-2-3-4-5/h1,5,8-11,16-17H,4,6-7,12-14,35H2,2H3;8-9,12,16H,5-7,10-11H2,1-4H3;7-9H,1-6H2;5-6H,3-4H2,1-2H3,(H,8,10);4H,2-3H2,1H3. The molecule has 2 aromatic heterocycles. The molecule has 2 N–H and O–H groups in total. The van der Waals surface area contributed by atoms with Gasteiger partial charge in [-0.2, -0.15) is 5.26 Å². The molecule has 432 valence electrons. The van der Waals surface area contributed by atoms with Crippen molar-refractivity contribution in [2.75, 3.05) is 77.4 Å². The molecule has 5 aromatic rings. The van der Waals surface area contributed by atoms with Crippen LogP contribution >= 0.6 is 9.24 Å². The molecule has 1 amide bonds. The van der Waals surface area contributed by atoms with Crippen LogP contribution in [0.1, 0.15) is 128 Å². The molecule has 15 nitrogen and oxygen atoms in total. The minimum Gasteiger partial charge on any atom is -0.494 e. The minimum absolute atomic E-state index is 0.00171. The fourth-order valence-electron chi connectivity index (χ4n) is 10.2. The van der Waals surface area contributed by atoms with Crippen LogP contribution in [0.4, 0.5) is 15.9 Å². The van der Waals surface area contributed by atoms with Crippen molar-refractivity contribution in [3.63, 3.8) is 0 Å². The maximum absolute atomic E-state index is 14.6. The van der Waals surface area contributed by atoms with Gasteiger partial charge in [0.1, 0.15) is 42.4 Å². The number of ether oxygens (including phenoxy) is 2. The van der Waals surface area contributed by atoms with E-state index in [1.54, 1.807) is 13.1 Å². The number of carbonyl (C=O) groups is 4. The zero-order valence-corrected chi connectivity index (χ0v) is 49.9. The van der Waals surface area contributed by atoms with Crippen LogP contribution in [0.25, 0.3) is 32.9 Å². The van der Waals surface area contributed by atoms with Crippen molar-refractivity contribution >= 4 is 72.7 Å². The van der Waals surface area contributed by atoms with Crippen LogP contribution in [-0.4, -0.2) is 124 Å². The number of aryl methyl sites for hydroxylation is 2. The number of rotatable bonds is 20. The number of amides is 1. The van der Waals surface area contributed by atoms with E-state index in [2.05, 4.69) is 85.8 Å². The highest BCUT2D eigenvalue weighted by Crippen LogP contribution is 2.35. The molecule has 5 unspecified atom stereocenters. The monoisotopic (exact) mass is 1120 g/mol. The molecule has 80 heavy (non-hydrogen) atoms. The Hall–Kier alpha value is -6.58. The summed E-state index contributed by atoms with van der Waals surface area (Å²) >= 11 is 0. The predicted molar refractivity (Wildman–Crippen MR) is 325 cm³/mol. The third-order valence-corrected chi connectivity index (χ3v) is 15.2. The van der Waals surface area contributed by atoms with Crippen molar-refractivity contribution in [2.45, 2.75) is 136 Å². The van der Waals surface area contributed by atoms with E-state index in [0.29, 0.717) is 55.9 Å². The van der Waals surface area contributed by atoms with Crippen molar-refractivity contribution in [3.05, 3.63) is 77.5 Å². The van der Waals surface area contributed by atoms with Crippen LogP contribution in [0, 0.1) is 48.3 Å². The van der Waals surface area contributed by atoms with Gasteiger partial charge in [0.05, 0.1) is 34.8 Å². The van der Waals surface area contributed by atoms with Crippen LogP contribution in [0.3, 0.4) is 0 Å². The van der Waals surface area contributed by atoms with Crippen LogP contribution in [-0.2, 0) is 30.3 Å². The number of unbranched alkanes of at least 4 members (excludes halogenated alkanes) is 3. The topological polar surface area (TPSA) is 183 Å². The Morgan fingerprint density at radius 2 is 1.75 bits per heavy atom.